The largest absolute Gasteiger partial charge is 0.456 e. The third kappa shape index (κ3) is 6.11. The van der Waals surface area contributed by atoms with E-state index in [1.54, 1.807) is 0 Å². The maximum atomic E-state index is 7.08. The molecule has 1 aliphatic carbocycles. The Morgan fingerprint density at radius 3 is 1.40 bits per heavy atom. The fraction of sp³-hybridized carbons (Fsp3) is 0.0462. The van der Waals surface area contributed by atoms with Crippen molar-refractivity contribution in [3.63, 3.8) is 0 Å². The molecule has 10 aromatic carbocycles. The van der Waals surface area contributed by atoms with Crippen molar-refractivity contribution in [3.8, 4) is 5.69 Å². The molecular weight excluding hydrogens is 855 g/mol. The Morgan fingerprint density at radius 1 is 0.371 bits per heavy atom. The van der Waals surface area contributed by atoms with E-state index in [1.165, 1.54) is 11.1 Å². The zero-order chi connectivity index (χ0) is 46.5. The normalized spacial score (nSPS) is 13.1. The Labute approximate surface area is 405 Å². The van der Waals surface area contributed by atoms with Crippen molar-refractivity contribution >= 4 is 112 Å². The van der Waals surface area contributed by atoms with Gasteiger partial charge in [-0.25, -0.2) is 0 Å². The molecule has 3 heterocycles. The summed E-state index contributed by atoms with van der Waals surface area (Å²) >= 11 is 0. The standard InChI is InChI=1S/C65H45N3O2/c1-65(2)55-40-54-49-27-15-17-29-60(49)69-62(54)37-42(55)31-34-50-56(65)41-59(63-51-28-16-18-30-61(51)70-64(50)63)68-57-35-32-47(66(43-19-7-3-8-20-43)44-21-9-4-10-22-44)38-52(57)53-39-48(33-36-58(53)68)67(45-23-11-5-12-24-45)46-25-13-6-14-26-46/h3-41H,1-2H3. The second-order valence-electron chi connectivity index (χ2n) is 18.9. The van der Waals surface area contributed by atoms with Crippen LogP contribution in [0.3, 0.4) is 0 Å². The molecule has 13 aromatic rings. The molecule has 0 bridgehead atoms. The van der Waals surface area contributed by atoms with E-state index < -0.39 is 5.41 Å². The van der Waals surface area contributed by atoms with Crippen LogP contribution in [0.15, 0.2) is 233 Å². The smallest absolute Gasteiger partial charge is 0.145 e. The summed E-state index contributed by atoms with van der Waals surface area (Å²) in [6.07, 6.45) is 4.52. The molecule has 0 radical (unpaired) electrons. The van der Waals surface area contributed by atoms with Gasteiger partial charge < -0.3 is 23.2 Å². The predicted molar refractivity (Wildman–Crippen MR) is 292 cm³/mol. The molecule has 0 fully saturated rings. The van der Waals surface area contributed by atoms with E-state index in [0.717, 1.165) is 117 Å². The first-order valence-electron chi connectivity index (χ1n) is 24.0. The highest BCUT2D eigenvalue weighted by Crippen LogP contribution is 2.50. The zero-order valence-electron chi connectivity index (χ0n) is 38.7. The summed E-state index contributed by atoms with van der Waals surface area (Å²) in [5, 5.41) is 6.69. The van der Waals surface area contributed by atoms with Crippen LogP contribution in [0.4, 0.5) is 34.1 Å². The lowest BCUT2D eigenvalue weighted by molar-refractivity contribution is 0.630. The van der Waals surface area contributed by atoms with E-state index in [-0.39, 0.29) is 0 Å². The lowest BCUT2D eigenvalue weighted by atomic mass is 9.74. The molecule has 70 heavy (non-hydrogen) atoms. The van der Waals surface area contributed by atoms with Gasteiger partial charge in [0, 0.05) is 72.0 Å². The van der Waals surface area contributed by atoms with Crippen LogP contribution < -0.4 is 9.80 Å². The molecule has 5 nitrogen and oxygen atoms in total. The number of rotatable bonds is 7. The minimum atomic E-state index is -0.445. The summed E-state index contributed by atoms with van der Waals surface area (Å²) in [6, 6.07) is 80.4. The first kappa shape index (κ1) is 40.0. The van der Waals surface area contributed by atoms with Crippen molar-refractivity contribution in [3.05, 3.63) is 247 Å². The first-order valence-corrected chi connectivity index (χ1v) is 24.0. The molecule has 332 valence electrons. The highest BCUT2D eigenvalue weighted by molar-refractivity contribution is 6.18. The molecule has 0 N–H and O–H groups in total. The molecule has 0 aliphatic heterocycles. The Kier molecular flexibility index (Phi) is 8.86. The molecule has 0 amide bonds. The molecule has 0 atom stereocenters. The van der Waals surface area contributed by atoms with Crippen molar-refractivity contribution in [1.82, 2.24) is 4.57 Å². The van der Waals surface area contributed by atoms with Gasteiger partial charge in [-0.1, -0.05) is 135 Å². The first-order chi connectivity index (χ1) is 34.5. The number of hydrogen-bond donors (Lipinski definition) is 0. The van der Waals surface area contributed by atoms with Crippen LogP contribution in [0, 0.1) is 0 Å². The summed E-state index contributed by atoms with van der Waals surface area (Å²) in [6.45, 7) is 4.72. The zero-order valence-corrected chi connectivity index (χ0v) is 38.7. The van der Waals surface area contributed by atoms with E-state index in [0.29, 0.717) is 0 Å². The van der Waals surface area contributed by atoms with Gasteiger partial charge in [-0.3, -0.25) is 0 Å². The monoisotopic (exact) mass is 899 g/mol. The van der Waals surface area contributed by atoms with Gasteiger partial charge in [-0.15, -0.1) is 0 Å². The van der Waals surface area contributed by atoms with Crippen LogP contribution in [-0.4, -0.2) is 4.57 Å². The van der Waals surface area contributed by atoms with Gasteiger partial charge in [0.1, 0.15) is 22.3 Å². The number of benzene rings is 10. The van der Waals surface area contributed by atoms with Crippen LogP contribution in [0.5, 0.6) is 0 Å². The molecule has 0 unspecified atom stereocenters. The van der Waals surface area contributed by atoms with Crippen molar-refractivity contribution in [2.45, 2.75) is 19.3 Å². The summed E-state index contributed by atoms with van der Waals surface area (Å²) in [5.74, 6) is 0. The summed E-state index contributed by atoms with van der Waals surface area (Å²) in [4.78, 5) is 4.70. The van der Waals surface area contributed by atoms with Crippen LogP contribution in [-0.2, 0) is 5.41 Å². The number of hydrogen-bond acceptors (Lipinski definition) is 4. The Hall–Kier alpha value is -9.06. The highest BCUT2D eigenvalue weighted by atomic mass is 16.3. The maximum Gasteiger partial charge on any atom is 0.145 e. The molecule has 3 aromatic heterocycles. The van der Waals surface area contributed by atoms with E-state index in [4.69, 9.17) is 8.83 Å². The molecule has 0 saturated carbocycles. The number of anilines is 6. The number of furan rings is 2. The van der Waals surface area contributed by atoms with Crippen molar-refractivity contribution in [1.29, 1.82) is 0 Å². The second-order valence-corrected chi connectivity index (χ2v) is 18.9. The maximum absolute atomic E-state index is 7.08. The third-order valence-corrected chi connectivity index (χ3v) is 14.5. The van der Waals surface area contributed by atoms with Crippen molar-refractivity contribution < 1.29 is 8.83 Å². The van der Waals surface area contributed by atoms with Gasteiger partial charge in [0.2, 0.25) is 0 Å². The molecular formula is C65H45N3O2. The number of aromatic nitrogens is 1. The van der Waals surface area contributed by atoms with Crippen LogP contribution in [0.1, 0.15) is 36.1 Å². The van der Waals surface area contributed by atoms with E-state index in [2.05, 4.69) is 259 Å². The van der Waals surface area contributed by atoms with Gasteiger partial charge in [-0.05, 0) is 132 Å². The average molecular weight is 900 g/mol. The Morgan fingerprint density at radius 2 is 0.857 bits per heavy atom. The van der Waals surface area contributed by atoms with Gasteiger partial charge in [0.05, 0.1) is 22.1 Å². The SMILES string of the molecule is CC1(C)c2cc3c(cc2C=Cc2c1cc(-n1c4ccc(N(c5ccccc5)c5ccccc5)cc4c4cc(N(c5ccccc5)c5ccccc5)ccc41)c1c2oc2ccccc21)oc1ccccc13. The number of nitrogens with zero attached hydrogens (tertiary/aromatic N) is 3. The summed E-state index contributed by atoms with van der Waals surface area (Å²) in [7, 11) is 0. The lowest BCUT2D eigenvalue weighted by Gasteiger charge is -2.29. The quantitative estimate of drug-likeness (QED) is 0.160. The average Bonchev–Trinajstić information content (AvgIpc) is 4.06. The highest BCUT2D eigenvalue weighted by Gasteiger charge is 2.34. The van der Waals surface area contributed by atoms with E-state index in [1.807, 2.05) is 6.07 Å². The van der Waals surface area contributed by atoms with E-state index >= 15 is 0 Å². The molecule has 0 saturated heterocycles. The minimum Gasteiger partial charge on any atom is -0.456 e. The van der Waals surface area contributed by atoms with Crippen LogP contribution in [0.25, 0.3) is 83.5 Å². The molecule has 0 spiro atoms. The van der Waals surface area contributed by atoms with Gasteiger partial charge in [-0.2, -0.15) is 0 Å². The summed E-state index contributed by atoms with van der Waals surface area (Å²) < 4.78 is 16.0. The van der Waals surface area contributed by atoms with Crippen molar-refractivity contribution in [2.24, 2.45) is 0 Å². The van der Waals surface area contributed by atoms with Gasteiger partial charge in [0.15, 0.2) is 0 Å². The van der Waals surface area contributed by atoms with Gasteiger partial charge in [0.25, 0.3) is 0 Å². The lowest BCUT2D eigenvalue weighted by Crippen LogP contribution is -2.21. The van der Waals surface area contributed by atoms with Crippen LogP contribution >= 0.6 is 0 Å². The topological polar surface area (TPSA) is 37.7 Å². The predicted octanol–water partition coefficient (Wildman–Crippen LogP) is 18.3. The van der Waals surface area contributed by atoms with Crippen LogP contribution in [0.2, 0.25) is 0 Å². The second kappa shape index (κ2) is 15.5. The minimum absolute atomic E-state index is 0.445. The molecule has 1 aliphatic rings. The summed E-state index contributed by atoms with van der Waals surface area (Å²) in [5.41, 5.74) is 17.5. The fourth-order valence-corrected chi connectivity index (χ4v) is 11.3. The van der Waals surface area contributed by atoms with E-state index in [9.17, 15) is 0 Å². The third-order valence-electron chi connectivity index (χ3n) is 14.5. The van der Waals surface area contributed by atoms with Crippen molar-refractivity contribution in [2.75, 3.05) is 9.80 Å². The molecule has 5 heteroatoms. The Bertz CT molecular complexity index is 3980. The fourth-order valence-electron chi connectivity index (χ4n) is 11.3. The van der Waals surface area contributed by atoms with Gasteiger partial charge >= 0.3 is 0 Å². The number of fused-ring (bicyclic) bond motifs is 12. The molecule has 14 rings (SSSR count). The number of para-hydroxylation sites is 6. The Balaban J connectivity index is 1.07.